The lowest BCUT2D eigenvalue weighted by atomic mass is 10.2. The molecule has 86 valence electrons. The summed E-state index contributed by atoms with van der Waals surface area (Å²) in [5.41, 5.74) is 1.23. The van der Waals surface area contributed by atoms with E-state index in [4.69, 9.17) is 11.6 Å². The van der Waals surface area contributed by atoms with Crippen LogP contribution in [0.25, 0.3) is 0 Å². The number of benzene rings is 2. The van der Waals surface area contributed by atoms with E-state index in [0.717, 1.165) is 0 Å². The van der Waals surface area contributed by atoms with E-state index in [-0.39, 0.29) is 5.82 Å². The molecule has 0 bridgehead atoms. The molecule has 0 radical (unpaired) electrons. The zero-order chi connectivity index (χ0) is 12.3. The smallest absolute Gasteiger partial charge is 0.152 e. The number of aldehydes is 1. The molecule has 0 spiro atoms. The van der Waals surface area contributed by atoms with Crippen LogP contribution < -0.4 is 5.32 Å². The Balaban J connectivity index is 2.36. The van der Waals surface area contributed by atoms with Crippen molar-refractivity contribution in [2.24, 2.45) is 0 Å². The molecule has 0 aliphatic rings. The fourth-order valence-electron chi connectivity index (χ4n) is 1.45. The van der Waals surface area contributed by atoms with Gasteiger partial charge in [0.15, 0.2) is 6.29 Å². The van der Waals surface area contributed by atoms with Gasteiger partial charge in [0.25, 0.3) is 0 Å². The number of carbonyl (C=O) groups excluding carboxylic acids is 1. The maximum atomic E-state index is 13.4. The van der Waals surface area contributed by atoms with Crippen LogP contribution in [0.3, 0.4) is 0 Å². The van der Waals surface area contributed by atoms with Crippen molar-refractivity contribution in [2.75, 3.05) is 5.32 Å². The Bertz CT molecular complexity index is 557. The van der Waals surface area contributed by atoms with E-state index in [1.165, 1.54) is 12.1 Å². The van der Waals surface area contributed by atoms with Crippen LogP contribution >= 0.6 is 11.6 Å². The second-order valence-electron chi connectivity index (χ2n) is 3.45. The van der Waals surface area contributed by atoms with Crippen molar-refractivity contribution in [1.82, 2.24) is 0 Å². The Morgan fingerprint density at radius 2 is 1.88 bits per heavy atom. The highest BCUT2D eigenvalue weighted by atomic mass is 35.5. The number of anilines is 2. The summed E-state index contributed by atoms with van der Waals surface area (Å²) in [6, 6.07) is 11.1. The standard InChI is InChI=1S/C13H9ClFNO/c14-10-5-6-12(9(7-10)8-17)16-13-4-2-1-3-11(13)15/h1-8,16H. The summed E-state index contributed by atoms with van der Waals surface area (Å²) in [6.07, 6.45) is 0.676. The molecule has 0 aromatic heterocycles. The molecular formula is C13H9ClFNO. The highest BCUT2D eigenvalue weighted by Gasteiger charge is 2.05. The fourth-order valence-corrected chi connectivity index (χ4v) is 1.63. The first kappa shape index (κ1) is 11.6. The predicted octanol–water partition coefficient (Wildman–Crippen LogP) is 4.04. The molecule has 1 N–H and O–H groups in total. The van der Waals surface area contributed by atoms with Crippen molar-refractivity contribution in [3.8, 4) is 0 Å². The molecule has 2 aromatic rings. The first-order valence-corrected chi connectivity index (χ1v) is 5.35. The molecule has 2 aromatic carbocycles. The molecule has 17 heavy (non-hydrogen) atoms. The third-order valence-electron chi connectivity index (χ3n) is 2.28. The molecule has 0 saturated heterocycles. The number of nitrogens with one attached hydrogen (secondary N) is 1. The minimum atomic E-state index is -0.376. The van der Waals surface area contributed by atoms with Crippen molar-refractivity contribution in [2.45, 2.75) is 0 Å². The topological polar surface area (TPSA) is 29.1 Å². The first-order valence-electron chi connectivity index (χ1n) is 4.97. The molecule has 0 aliphatic heterocycles. The number of hydrogen-bond donors (Lipinski definition) is 1. The van der Waals surface area contributed by atoms with Gasteiger partial charge in [0.05, 0.1) is 5.69 Å². The molecule has 0 fully saturated rings. The van der Waals surface area contributed by atoms with E-state index in [1.54, 1.807) is 30.3 Å². The lowest BCUT2D eigenvalue weighted by Crippen LogP contribution is -1.97. The van der Waals surface area contributed by atoms with E-state index in [0.29, 0.717) is 28.2 Å². The number of rotatable bonds is 3. The van der Waals surface area contributed by atoms with E-state index in [9.17, 15) is 9.18 Å². The SMILES string of the molecule is O=Cc1cc(Cl)ccc1Nc1ccccc1F. The highest BCUT2D eigenvalue weighted by Crippen LogP contribution is 2.24. The van der Waals surface area contributed by atoms with Crippen LogP contribution in [0.4, 0.5) is 15.8 Å². The van der Waals surface area contributed by atoms with Crippen LogP contribution in [0, 0.1) is 5.82 Å². The number of halogens is 2. The van der Waals surface area contributed by atoms with E-state index >= 15 is 0 Å². The van der Waals surface area contributed by atoms with Crippen LogP contribution in [-0.2, 0) is 0 Å². The maximum absolute atomic E-state index is 13.4. The van der Waals surface area contributed by atoms with Gasteiger partial charge in [-0.2, -0.15) is 0 Å². The number of para-hydroxylation sites is 1. The van der Waals surface area contributed by atoms with Crippen LogP contribution in [0.2, 0.25) is 5.02 Å². The van der Waals surface area contributed by atoms with Crippen molar-refractivity contribution >= 4 is 29.3 Å². The zero-order valence-electron chi connectivity index (χ0n) is 8.78. The summed E-state index contributed by atoms with van der Waals surface area (Å²) in [4.78, 5) is 10.9. The van der Waals surface area contributed by atoms with Crippen molar-refractivity contribution < 1.29 is 9.18 Å². The largest absolute Gasteiger partial charge is 0.353 e. The lowest BCUT2D eigenvalue weighted by Gasteiger charge is -2.09. The molecule has 0 unspecified atom stereocenters. The molecule has 2 rings (SSSR count). The van der Waals surface area contributed by atoms with Crippen molar-refractivity contribution in [3.05, 3.63) is 58.9 Å². The van der Waals surface area contributed by atoms with Crippen LogP contribution in [-0.4, -0.2) is 6.29 Å². The van der Waals surface area contributed by atoms with E-state index in [2.05, 4.69) is 5.32 Å². The molecule has 0 amide bonds. The quantitative estimate of drug-likeness (QED) is 0.832. The minimum absolute atomic E-state index is 0.318. The molecule has 2 nitrogen and oxygen atoms in total. The second-order valence-corrected chi connectivity index (χ2v) is 3.89. The Hall–Kier alpha value is -1.87. The summed E-state index contributed by atoms with van der Waals surface area (Å²) < 4.78 is 13.4. The molecule has 0 aliphatic carbocycles. The summed E-state index contributed by atoms with van der Waals surface area (Å²) in [5.74, 6) is -0.376. The molecule has 4 heteroatoms. The molecule has 0 atom stereocenters. The van der Waals surface area contributed by atoms with Gasteiger partial charge in [-0.15, -0.1) is 0 Å². The number of carbonyl (C=O) groups is 1. The molecular weight excluding hydrogens is 241 g/mol. The van der Waals surface area contributed by atoms with Gasteiger partial charge in [0.1, 0.15) is 5.82 Å². The minimum Gasteiger partial charge on any atom is -0.353 e. The predicted molar refractivity (Wildman–Crippen MR) is 66.5 cm³/mol. The Morgan fingerprint density at radius 1 is 1.12 bits per heavy atom. The van der Waals surface area contributed by atoms with E-state index in [1.807, 2.05) is 0 Å². The first-order chi connectivity index (χ1) is 8.20. The number of hydrogen-bond acceptors (Lipinski definition) is 2. The summed E-state index contributed by atoms with van der Waals surface area (Å²) in [7, 11) is 0. The van der Waals surface area contributed by atoms with Gasteiger partial charge in [-0.25, -0.2) is 4.39 Å². The van der Waals surface area contributed by atoms with E-state index < -0.39 is 0 Å². The van der Waals surface area contributed by atoms with Gasteiger partial charge in [-0.05, 0) is 30.3 Å². The van der Waals surface area contributed by atoms with Crippen molar-refractivity contribution in [1.29, 1.82) is 0 Å². The fraction of sp³-hybridized carbons (Fsp3) is 0. The van der Waals surface area contributed by atoms with Gasteiger partial charge < -0.3 is 5.32 Å². The third kappa shape index (κ3) is 2.63. The summed E-state index contributed by atoms with van der Waals surface area (Å²) in [6.45, 7) is 0. The monoisotopic (exact) mass is 249 g/mol. The van der Waals surface area contributed by atoms with Gasteiger partial charge in [-0.1, -0.05) is 23.7 Å². The average Bonchev–Trinajstić information content (AvgIpc) is 2.34. The van der Waals surface area contributed by atoms with Gasteiger partial charge >= 0.3 is 0 Å². The summed E-state index contributed by atoms with van der Waals surface area (Å²) in [5, 5.41) is 3.32. The maximum Gasteiger partial charge on any atom is 0.152 e. The lowest BCUT2D eigenvalue weighted by molar-refractivity contribution is 0.112. The normalized spacial score (nSPS) is 10.0. The van der Waals surface area contributed by atoms with Gasteiger partial charge in [-0.3, -0.25) is 4.79 Å². The Morgan fingerprint density at radius 3 is 2.59 bits per heavy atom. The Kier molecular flexibility index (Phi) is 3.40. The van der Waals surface area contributed by atoms with Gasteiger partial charge in [0.2, 0.25) is 0 Å². The highest BCUT2D eigenvalue weighted by molar-refractivity contribution is 6.31. The Labute approximate surface area is 103 Å². The van der Waals surface area contributed by atoms with Crippen LogP contribution in [0.5, 0.6) is 0 Å². The molecule has 0 heterocycles. The van der Waals surface area contributed by atoms with Crippen LogP contribution in [0.1, 0.15) is 10.4 Å². The molecule has 0 saturated carbocycles. The third-order valence-corrected chi connectivity index (χ3v) is 2.52. The zero-order valence-corrected chi connectivity index (χ0v) is 9.54. The van der Waals surface area contributed by atoms with Gasteiger partial charge in [0, 0.05) is 16.3 Å². The van der Waals surface area contributed by atoms with Crippen molar-refractivity contribution in [3.63, 3.8) is 0 Å². The summed E-state index contributed by atoms with van der Waals surface area (Å²) >= 11 is 5.77. The average molecular weight is 250 g/mol. The van der Waals surface area contributed by atoms with Crippen LogP contribution in [0.15, 0.2) is 42.5 Å². The second kappa shape index (κ2) is 4.97.